The van der Waals surface area contributed by atoms with Crippen LogP contribution in [0, 0.1) is 19.7 Å². The van der Waals surface area contributed by atoms with E-state index in [1.165, 1.54) is 6.07 Å². The maximum Gasteiger partial charge on any atom is 0.142 e. The molecule has 1 N–H and O–H groups in total. The Balaban J connectivity index is 2.11. The molecule has 0 aliphatic rings. The lowest BCUT2D eigenvalue weighted by Crippen LogP contribution is -2.03. The second-order valence-corrected chi connectivity index (χ2v) is 4.87. The van der Waals surface area contributed by atoms with Crippen molar-refractivity contribution >= 4 is 5.69 Å². The smallest absolute Gasteiger partial charge is 0.142 e. The monoisotopic (exact) mass is 273 g/mol. The van der Waals surface area contributed by atoms with E-state index in [4.69, 9.17) is 4.74 Å². The first-order valence-corrected chi connectivity index (χ1v) is 6.82. The Bertz CT molecular complexity index is 596. The molecule has 0 unspecified atom stereocenters. The molecule has 2 aromatic carbocycles. The van der Waals surface area contributed by atoms with Crippen LogP contribution >= 0.6 is 0 Å². The Morgan fingerprint density at radius 1 is 1.10 bits per heavy atom. The van der Waals surface area contributed by atoms with Gasteiger partial charge in [-0.2, -0.15) is 0 Å². The maximum absolute atomic E-state index is 13.2. The van der Waals surface area contributed by atoms with Crippen LogP contribution in [-0.4, -0.2) is 6.61 Å². The first-order chi connectivity index (χ1) is 9.60. The van der Waals surface area contributed by atoms with Crippen molar-refractivity contribution in [2.75, 3.05) is 11.9 Å². The first kappa shape index (κ1) is 14.4. The third-order valence-corrected chi connectivity index (χ3v) is 3.14. The summed E-state index contributed by atoms with van der Waals surface area (Å²) in [5, 5.41) is 3.34. The van der Waals surface area contributed by atoms with Crippen molar-refractivity contribution in [1.29, 1.82) is 0 Å². The molecule has 0 aliphatic carbocycles. The number of halogens is 1. The average molecular weight is 273 g/mol. The Morgan fingerprint density at radius 3 is 2.60 bits per heavy atom. The maximum atomic E-state index is 13.2. The number of benzene rings is 2. The minimum atomic E-state index is -0.168. The van der Waals surface area contributed by atoms with Crippen molar-refractivity contribution in [1.82, 2.24) is 0 Å². The van der Waals surface area contributed by atoms with Crippen molar-refractivity contribution in [2.24, 2.45) is 0 Å². The van der Waals surface area contributed by atoms with Crippen molar-refractivity contribution in [3.05, 3.63) is 58.9 Å². The van der Waals surface area contributed by atoms with Gasteiger partial charge < -0.3 is 10.1 Å². The fourth-order valence-electron chi connectivity index (χ4n) is 2.06. The van der Waals surface area contributed by atoms with Crippen molar-refractivity contribution < 1.29 is 9.13 Å². The molecule has 0 atom stereocenters. The van der Waals surface area contributed by atoms with Gasteiger partial charge in [0.15, 0.2) is 0 Å². The third-order valence-electron chi connectivity index (χ3n) is 3.14. The van der Waals surface area contributed by atoms with Gasteiger partial charge in [-0.3, -0.25) is 0 Å². The van der Waals surface area contributed by atoms with Crippen LogP contribution in [0.25, 0.3) is 0 Å². The van der Waals surface area contributed by atoms with E-state index in [1.807, 2.05) is 38.1 Å². The van der Waals surface area contributed by atoms with Gasteiger partial charge in [-0.15, -0.1) is 0 Å². The van der Waals surface area contributed by atoms with Gasteiger partial charge in [0.1, 0.15) is 11.6 Å². The van der Waals surface area contributed by atoms with Crippen molar-refractivity contribution in [3.8, 4) is 5.75 Å². The molecule has 0 fully saturated rings. The molecule has 0 aliphatic heterocycles. The fourth-order valence-corrected chi connectivity index (χ4v) is 2.06. The molecule has 0 spiro atoms. The molecular formula is C17H20FNO. The van der Waals surface area contributed by atoms with E-state index in [-0.39, 0.29) is 5.82 Å². The average Bonchev–Trinajstić information content (AvgIpc) is 2.42. The summed E-state index contributed by atoms with van der Waals surface area (Å²) in [4.78, 5) is 0. The molecule has 0 saturated heterocycles. The summed E-state index contributed by atoms with van der Waals surface area (Å²) in [6, 6.07) is 11.2. The zero-order valence-electron chi connectivity index (χ0n) is 12.2. The number of nitrogens with one attached hydrogen (secondary N) is 1. The summed E-state index contributed by atoms with van der Waals surface area (Å²) in [5.41, 5.74) is 3.83. The molecule has 3 heteroatoms. The normalized spacial score (nSPS) is 10.4. The molecule has 2 aromatic rings. The second kappa shape index (κ2) is 6.42. The summed E-state index contributed by atoms with van der Waals surface area (Å²) >= 11 is 0. The fraction of sp³-hybridized carbons (Fsp3) is 0.294. The number of anilines is 1. The topological polar surface area (TPSA) is 21.3 Å². The predicted molar refractivity (Wildman–Crippen MR) is 80.8 cm³/mol. The van der Waals surface area contributed by atoms with Gasteiger partial charge in [0, 0.05) is 6.54 Å². The van der Waals surface area contributed by atoms with E-state index < -0.39 is 0 Å². The molecule has 0 amide bonds. The molecule has 0 bridgehead atoms. The van der Waals surface area contributed by atoms with Crippen LogP contribution < -0.4 is 10.1 Å². The highest BCUT2D eigenvalue weighted by Gasteiger charge is 2.04. The van der Waals surface area contributed by atoms with E-state index in [9.17, 15) is 4.39 Å². The van der Waals surface area contributed by atoms with E-state index in [1.54, 1.807) is 13.0 Å². The summed E-state index contributed by atoms with van der Waals surface area (Å²) in [7, 11) is 0. The van der Waals surface area contributed by atoms with Gasteiger partial charge >= 0.3 is 0 Å². The van der Waals surface area contributed by atoms with Crippen LogP contribution in [-0.2, 0) is 6.54 Å². The Labute approximate surface area is 119 Å². The molecule has 0 aromatic heterocycles. The van der Waals surface area contributed by atoms with Gasteiger partial charge in [-0.25, -0.2) is 4.39 Å². The highest BCUT2D eigenvalue weighted by Crippen LogP contribution is 2.26. The van der Waals surface area contributed by atoms with E-state index >= 15 is 0 Å². The van der Waals surface area contributed by atoms with Crippen molar-refractivity contribution in [2.45, 2.75) is 27.3 Å². The molecule has 2 nitrogen and oxygen atoms in total. The van der Waals surface area contributed by atoms with E-state index in [0.717, 1.165) is 22.6 Å². The third kappa shape index (κ3) is 3.50. The summed E-state index contributed by atoms with van der Waals surface area (Å²) in [5.74, 6) is 0.686. The Morgan fingerprint density at radius 2 is 1.90 bits per heavy atom. The number of hydrogen-bond acceptors (Lipinski definition) is 2. The largest absolute Gasteiger partial charge is 0.492 e. The lowest BCUT2D eigenvalue weighted by Gasteiger charge is -2.13. The number of aryl methyl sites for hydroxylation is 2. The predicted octanol–water partition coefficient (Wildman–Crippen LogP) is 4.45. The number of rotatable bonds is 5. The van der Waals surface area contributed by atoms with Gasteiger partial charge in [0.2, 0.25) is 0 Å². The standard InChI is InChI=1S/C17H20FNO/c1-4-20-17-9-12(2)5-8-16(17)19-11-14-6-7-15(18)13(3)10-14/h5-10,19H,4,11H2,1-3H3. The van der Waals surface area contributed by atoms with Gasteiger partial charge in [0.25, 0.3) is 0 Å². The summed E-state index contributed by atoms with van der Waals surface area (Å²) in [6.07, 6.45) is 0. The van der Waals surface area contributed by atoms with Gasteiger partial charge in [0.05, 0.1) is 12.3 Å². The molecular weight excluding hydrogens is 253 g/mol. The van der Waals surface area contributed by atoms with E-state index in [2.05, 4.69) is 5.32 Å². The van der Waals surface area contributed by atoms with Gasteiger partial charge in [-0.1, -0.05) is 18.2 Å². The van der Waals surface area contributed by atoms with Crippen molar-refractivity contribution in [3.63, 3.8) is 0 Å². The molecule has 0 heterocycles. The minimum absolute atomic E-state index is 0.168. The molecule has 2 rings (SSSR count). The van der Waals surface area contributed by atoms with E-state index in [0.29, 0.717) is 18.7 Å². The highest BCUT2D eigenvalue weighted by molar-refractivity contribution is 5.58. The van der Waals surface area contributed by atoms with Crippen LogP contribution in [0.1, 0.15) is 23.6 Å². The van der Waals surface area contributed by atoms with Gasteiger partial charge in [-0.05, 0) is 55.7 Å². The quantitative estimate of drug-likeness (QED) is 0.868. The number of ether oxygens (including phenoxy) is 1. The summed E-state index contributed by atoms with van der Waals surface area (Å²) in [6.45, 7) is 7.06. The summed E-state index contributed by atoms with van der Waals surface area (Å²) < 4.78 is 18.9. The van der Waals surface area contributed by atoms with Crippen LogP contribution in [0.15, 0.2) is 36.4 Å². The number of hydrogen-bond donors (Lipinski definition) is 1. The van der Waals surface area contributed by atoms with Crippen LogP contribution in [0.4, 0.5) is 10.1 Å². The second-order valence-electron chi connectivity index (χ2n) is 4.87. The SMILES string of the molecule is CCOc1cc(C)ccc1NCc1ccc(F)c(C)c1. The first-order valence-electron chi connectivity index (χ1n) is 6.82. The molecule has 20 heavy (non-hydrogen) atoms. The highest BCUT2D eigenvalue weighted by atomic mass is 19.1. The zero-order chi connectivity index (χ0) is 14.5. The van der Waals surface area contributed by atoms with Crippen LogP contribution in [0.3, 0.4) is 0 Å². The lowest BCUT2D eigenvalue weighted by molar-refractivity contribution is 0.341. The Kier molecular flexibility index (Phi) is 4.61. The lowest BCUT2D eigenvalue weighted by atomic mass is 10.1. The molecule has 0 radical (unpaired) electrons. The van der Waals surface area contributed by atoms with Crippen LogP contribution in [0.2, 0.25) is 0 Å². The van der Waals surface area contributed by atoms with Crippen LogP contribution in [0.5, 0.6) is 5.75 Å². The molecule has 0 saturated carbocycles. The molecule has 106 valence electrons. The zero-order valence-corrected chi connectivity index (χ0v) is 12.2. The Hall–Kier alpha value is -2.03. The minimum Gasteiger partial charge on any atom is -0.492 e.